The van der Waals surface area contributed by atoms with Crippen LogP contribution in [0.2, 0.25) is 0 Å². The molecule has 0 bridgehead atoms. The van der Waals surface area contributed by atoms with Crippen LogP contribution in [-0.2, 0) is 9.53 Å². The Morgan fingerprint density at radius 1 is 1.58 bits per heavy atom. The summed E-state index contributed by atoms with van der Waals surface area (Å²) >= 11 is 0. The van der Waals surface area contributed by atoms with Gasteiger partial charge in [-0.3, -0.25) is 4.79 Å². The molecule has 0 aromatic rings. The third-order valence-corrected chi connectivity index (χ3v) is 2.53. The van der Waals surface area contributed by atoms with Crippen molar-refractivity contribution in [3.05, 3.63) is 0 Å². The lowest BCUT2D eigenvalue weighted by Crippen LogP contribution is -2.25. The van der Waals surface area contributed by atoms with Crippen molar-refractivity contribution < 1.29 is 9.53 Å². The molecule has 0 saturated carbocycles. The van der Waals surface area contributed by atoms with Crippen molar-refractivity contribution in [2.24, 2.45) is 0 Å². The van der Waals surface area contributed by atoms with Crippen molar-refractivity contribution in [3.8, 4) is 0 Å². The number of amides is 1. The molecule has 2 aliphatic rings. The van der Waals surface area contributed by atoms with E-state index in [1.807, 2.05) is 4.90 Å². The van der Waals surface area contributed by atoms with E-state index in [9.17, 15) is 4.79 Å². The molecule has 0 N–H and O–H groups in total. The van der Waals surface area contributed by atoms with Crippen molar-refractivity contribution in [2.75, 3.05) is 19.7 Å². The van der Waals surface area contributed by atoms with Crippen LogP contribution in [0.3, 0.4) is 0 Å². The van der Waals surface area contributed by atoms with Crippen LogP contribution >= 0.6 is 0 Å². The van der Waals surface area contributed by atoms with Crippen LogP contribution in [0, 0.1) is 0 Å². The minimum atomic E-state index is 0.340. The first kappa shape index (κ1) is 8.05. The number of rotatable bonds is 4. The number of likely N-dealkylation sites (tertiary alicyclic amines) is 1. The van der Waals surface area contributed by atoms with Crippen LogP contribution in [0.1, 0.15) is 25.7 Å². The fraction of sp³-hybridized carbons (Fsp3) is 0.889. The van der Waals surface area contributed by atoms with E-state index in [2.05, 4.69) is 0 Å². The average molecular weight is 169 g/mol. The molecule has 0 radical (unpaired) electrons. The Morgan fingerprint density at radius 3 is 3.00 bits per heavy atom. The summed E-state index contributed by atoms with van der Waals surface area (Å²) in [5, 5.41) is 0. The third kappa shape index (κ3) is 1.97. The Morgan fingerprint density at radius 2 is 2.42 bits per heavy atom. The number of hydrogen-bond donors (Lipinski definition) is 0. The smallest absolute Gasteiger partial charge is 0.222 e. The van der Waals surface area contributed by atoms with Crippen LogP contribution in [0.5, 0.6) is 0 Å². The lowest BCUT2D eigenvalue weighted by molar-refractivity contribution is -0.127. The van der Waals surface area contributed by atoms with Crippen molar-refractivity contribution in [1.82, 2.24) is 4.90 Å². The predicted octanol–water partition coefficient (Wildman–Crippen LogP) is 0.788. The molecule has 0 aromatic heterocycles. The van der Waals surface area contributed by atoms with Crippen molar-refractivity contribution in [1.29, 1.82) is 0 Å². The molecule has 2 aliphatic heterocycles. The molecular formula is C9H15NO2. The van der Waals surface area contributed by atoms with Crippen LogP contribution in [0.15, 0.2) is 0 Å². The predicted molar refractivity (Wildman–Crippen MR) is 44.8 cm³/mol. The summed E-state index contributed by atoms with van der Waals surface area (Å²) in [5.41, 5.74) is 0. The number of hydrogen-bond acceptors (Lipinski definition) is 2. The van der Waals surface area contributed by atoms with Crippen molar-refractivity contribution in [2.45, 2.75) is 31.8 Å². The van der Waals surface area contributed by atoms with E-state index < -0.39 is 0 Å². The summed E-state index contributed by atoms with van der Waals surface area (Å²) in [6.45, 7) is 2.86. The first-order chi connectivity index (χ1) is 5.86. The highest BCUT2D eigenvalue weighted by molar-refractivity contribution is 5.77. The van der Waals surface area contributed by atoms with Gasteiger partial charge in [0.1, 0.15) is 0 Å². The van der Waals surface area contributed by atoms with Crippen LogP contribution < -0.4 is 0 Å². The van der Waals surface area contributed by atoms with E-state index in [-0.39, 0.29) is 0 Å². The topological polar surface area (TPSA) is 32.8 Å². The van der Waals surface area contributed by atoms with Crippen LogP contribution in [0.25, 0.3) is 0 Å². The summed E-state index contributed by atoms with van der Waals surface area (Å²) < 4.78 is 5.10. The van der Waals surface area contributed by atoms with Crippen LogP contribution in [-0.4, -0.2) is 36.6 Å². The minimum Gasteiger partial charge on any atom is -0.373 e. The SMILES string of the molecule is O=C1CCCN1CCCC1CO1. The van der Waals surface area contributed by atoms with E-state index >= 15 is 0 Å². The lowest BCUT2D eigenvalue weighted by atomic mass is 10.2. The normalized spacial score (nSPS) is 28.2. The Hall–Kier alpha value is -0.570. The molecule has 1 unspecified atom stereocenters. The molecule has 0 spiro atoms. The summed E-state index contributed by atoms with van der Waals surface area (Å²) in [7, 11) is 0. The number of nitrogens with zero attached hydrogens (tertiary/aromatic N) is 1. The molecule has 0 aromatic carbocycles. The Kier molecular flexibility index (Phi) is 2.30. The molecular weight excluding hydrogens is 154 g/mol. The van der Waals surface area contributed by atoms with E-state index in [0.29, 0.717) is 12.0 Å². The Bertz CT molecular complexity index is 177. The second-order valence-corrected chi connectivity index (χ2v) is 3.58. The molecule has 2 fully saturated rings. The molecule has 1 amide bonds. The monoisotopic (exact) mass is 169 g/mol. The maximum absolute atomic E-state index is 11.2. The molecule has 0 aliphatic carbocycles. The zero-order valence-corrected chi connectivity index (χ0v) is 7.29. The number of ether oxygens (including phenoxy) is 1. The average Bonchev–Trinajstić information content (AvgIpc) is 2.78. The van der Waals surface area contributed by atoms with Gasteiger partial charge in [-0.15, -0.1) is 0 Å². The van der Waals surface area contributed by atoms with E-state index in [1.165, 1.54) is 0 Å². The molecule has 68 valence electrons. The van der Waals surface area contributed by atoms with Crippen LogP contribution in [0.4, 0.5) is 0 Å². The zero-order valence-electron chi connectivity index (χ0n) is 7.29. The second-order valence-electron chi connectivity index (χ2n) is 3.58. The standard InChI is InChI=1S/C9H15NO2/c11-9-4-2-6-10(9)5-1-3-8-7-12-8/h8H,1-7H2. The van der Waals surface area contributed by atoms with Gasteiger partial charge in [0.15, 0.2) is 0 Å². The van der Waals surface area contributed by atoms with Crippen molar-refractivity contribution in [3.63, 3.8) is 0 Å². The highest BCUT2D eigenvalue weighted by Crippen LogP contribution is 2.17. The fourth-order valence-electron chi connectivity index (χ4n) is 1.68. The number of carbonyl (C=O) groups excluding carboxylic acids is 1. The molecule has 2 rings (SSSR count). The van der Waals surface area contributed by atoms with Gasteiger partial charge in [0.2, 0.25) is 5.91 Å². The van der Waals surface area contributed by atoms with Gasteiger partial charge in [-0.05, 0) is 19.3 Å². The van der Waals surface area contributed by atoms with Gasteiger partial charge >= 0.3 is 0 Å². The summed E-state index contributed by atoms with van der Waals surface area (Å²) in [4.78, 5) is 13.1. The molecule has 3 heteroatoms. The first-order valence-electron chi connectivity index (χ1n) is 4.75. The Labute approximate surface area is 72.7 Å². The highest BCUT2D eigenvalue weighted by Gasteiger charge is 2.23. The highest BCUT2D eigenvalue weighted by atomic mass is 16.6. The van der Waals surface area contributed by atoms with Gasteiger partial charge in [-0.1, -0.05) is 0 Å². The maximum atomic E-state index is 11.2. The van der Waals surface area contributed by atoms with Gasteiger partial charge in [0, 0.05) is 19.5 Å². The van der Waals surface area contributed by atoms with Gasteiger partial charge in [-0.2, -0.15) is 0 Å². The van der Waals surface area contributed by atoms with Gasteiger partial charge in [0.05, 0.1) is 12.7 Å². The van der Waals surface area contributed by atoms with Gasteiger partial charge in [0.25, 0.3) is 0 Å². The van der Waals surface area contributed by atoms with E-state index in [1.54, 1.807) is 0 Å². The Balaban J connectivity index is 1.61. The molecule has 3 nitrogen and oxygen atoms in total. The fourth-order valence-corrected chi connectivity index (χ4v) is 1.68. The van der Waals surface area contributed by atoms with E-state index in [4.69, 9.17) is 4.74 Å². The number of carbonyl (C=O) groups is 1. The first-order valence-corrected chi connectivity index (χ1v) is 4.75. The maximum Gasteiger partial charge on any atom is 0.222 e. The van der Waals surface area contributed by atoms with Gasteiger partial charge in [-0.25, -0.2) is 0 Å². The molecule has 1 atom stereocenters. The minimum absolute atomic E-state index is 0.340. The third-order valence-electron chi connectivity index (χ3n) is 2.53. The van der Waals surface area contributed by atoms with Gasteiger partial charge < -0.3 is 9.64 Å². The zero-order chi connectivity index (χ0) is 8.39. The lowest BCUT2D eigenvalue weighted by Gasteiger charge is -2.14. The second kappa shape index (κ2) is 3.44. The summed E-state index contributed by atoms with van der Waals surface area (Å²) in [5.74, 6) is 0.340. The molecule has 2 heterocycles. The largest absolute Gasteiger partial charge is 0.373 e. The van der Waals surface area contributed by atoms with Crippen molar-refractivity contribution >= 4 is 5.91 Å². The molecule has 12 heavy (non-hydrogen) atoms. The number of epoxide rings is 1. The molecule has 2 saturated heterocycles. The summed E-state index contributed by atoms with van der Waals surface area (Å²) in [6, 6.07) is 0. The summed E-state index contributed by atoms with van der Waals surface area (Å²) in [6.07, 6.45) is 4.57. The quantitative estimate of drug-likeness (QED) is 0.583. The van der Waals surface area contributed by atoms with E-state index in [0.717, 1.165) is 45.4 Å².